The van der Waals surface area contributed by atoms with Gasteiger partial charge >= 0.3 is 6.18 Å². The van der Waals surface area contributed by atoms with Gasteiger partial charge in [-0.05, 0) is 50.1 Å². The van der Waals surface area contributed by atoms with E-state index < -0.39 is 46.6 Å². The van der Waals surface area contributed by atoms with E-state index in [9.17, 15) is 35.5 Å². The van der Waals surface area contributed by atoms with Crippen LogP contribution in [0.3, 0.4) is 0 Å². The fourth-order valence-corrected chi connectivity index (χ4v) is 5.06. The second-order valence-corrected chi connectivity index (χ2v) is 9.96. The lowest BCUT2D eigenvalue weighted by atomic mass is 10.0. The highest BCUT2D eigenvalue weighted by atomic mass is 35.5. The molecule has 212 valence electrons. The quantitative estimate of drug-likeness (QED) is 0.133. The molecule has 1 amide bonds. The summed E-state index contributed by atoms with van der Waals surface area (Å²) in [5.41, 5.74) is -0.642. The van der Waals surface area contributed by atoms with E-state index >= 15 is 0 Å². The molecule has 0 saturated carbocycles. The molecule has 0 bridgehead atoms. The Hall–Kier alpha value is -4.12. The zero-order chi connectivity index (χ0) is 30.0. The number of aromatic nitrogens is 1. The first-order valence-corrected chi connectivity index (χ1v) is 12.5. The fourth-order valence-electron chi connectivity index (χ4n) is 4.93. The van der Waals surface area contributed by atoms with Crippen molar-refractivity contribution in [3.8, 4) is 0 Å². The van der Waals surface area contributed by atoms with Gasteiger partial charge in [-0.2, -0.15) is 23.3 Å². The number of carbonyl (C=O) groups excluding carboxylic acids is 1. The van der Waals surface area contributed by atoms with E-state index in [0.717, 1.165) is 27.7 Å². The monoisotopic (exact) mass is 593 g/mol. The minimum atomic E-state index is -5.72. The Labute approximate surface area is 233 Å². The molecule has 1 aliphatic heterocycles. The van der Waals surface area contributed by atoms with Crippen molar-refractivity contribution >= 4 is 45.9 Å². The Morgan fingerprint density at radius 1 is 0.902 bits per heavy atom. The van der Waals surface area contributed by atoms with Crippen LogP contribution in [0.1, 0.15) is 34.9 Å². The number of amides is 1. The minimum absolute atomic E-state index is 0.0334. The summed E-state index contributed by atoms with van der Waals surface area (Å²) in [6, 6.07) is 12.8. The van der Waals surface area contributed by atoms with Crippen LogP contribution in [-0.4, -0.2) is 16.2 Å². The van der Waals surface area contributed by atoms with E-state index in [1.165, 1.54) is 13.0 Å². The van der Waals surface area contributed by atoms with E-state index in [4.69, 9.17) is 11.6 Å². The molecule has 0 saturated heterocycles. The predicted molar refractivity (Wildman–Crippen MR) is 142 cm³/mol. The lowest BCUT2D eigenvalue weighted by Crippen LogP contribution is -2.26. The molecule has 12 heteroatoms. The summed E-state index contributed by atoms with van der Waals surface area (Å²) < 4.78 is 99.1. The second kappa shape index (κ2) is 10.1. The van der Waals surface area contributed by atoms with Gasteiger partial charge < -0.3 is 4.57 Å². The number of aryl methyl sites for hydroxylation is 1. The number of rotatable bonds is 4. The Kier molecular flexibility index (Phi) is 6.97. The number of halogens is 8. The van der Waals surface area contributed by atoms with Crippen LogP contribution in [0.4, 0.5) is 36.4 Å². The van der Waals surface area contributed by atoms with E-state index in [0.29, 0.717) is 17.1 Å². The van der Waals surface area contributed by atoms with Crippen molar-refractivity contribution in [1.82, 2.24) is 4.57 Å². The van der Waals surface area contributed by atoms with Gasteiger partial charge in [0.1, 0.15) is 11.3 Å². The number of nitrogens with zero attached hydrogens (tertiary/aromatic N) is 3. The van der Waals surface area contributed by atoms with Crippen molar-refractivity contribution in [3.05, 3.63) is 104 Å². The summed E-state index contributed by atoms with van der Waals surface area (Å²) in [5.74, 6) is -11.3. The molecular formula is C29H19ClF7N3O. The third-order valence-electron chi connectivity index (χ3n) is 6.93. The maximum Gasteiger partial charge on any atom is 0.422 e. The SMILES string of the molecule is CC1=NN(c2c(F)c(F)c(C(F)(F)F)c(F)c2F)C(=O)/C1=C/c1c(C)n(Cc2ccc(Cl)cc2)c2c(C)cccc12. The molecule has 0 spiro atoms. The first kappa shape index (κ1) is 28.4. The van der Waals surface area contributed by atoms with Crippen LogP contribution in [0, 0.1) is 37.1 Å². The van der Waals surface area contributed by atoms with Gasteiger partial charge in [0, 0.05) is 28.2 Å². The van der Waals surface area contributed by atoms with E-state index in [2.05, 4.69) is 5.10 Å². The predicted octanol–water partition coefficient (Wildman–Crippen LogP) is 8.34. The Balaban J connectivity index is 1.63. The summed E-state index contributed by atoms with van der Waals surface area (Å²) >= 11 is 6.01. The first-order chi connectivity index (χ1) is 19.2. The molecule has 0 aliphatic carbocycles. The number of para-hydroxylation sites is 1. The Morgan fingerprint density at radius 3 is 2.10 bits per heavy atom. The number of benzene rings is 3. The summed E-state index contributed by atoms with van der Waals surface area (Å²) in [4.78, 5) is 13.3. The van der Waals surface area contributed by atoms with Crippen LogP contribution in [0.5, 0.6) is 0 Å². The smallest absolute Gasteiger partial charge is 0.340 e. The number of hydrazone groups is 1. The fraction of sp³-hybridized carbons (Fsp3) is 0.172. The maximum atomic E-state index is 14.7. The summed E-state index contributed by atoms with van der Waals surface area (Å²) in [6.07, 6.45) is -4.28. The molecule has 1 aromatic heterocycles. The van der Waals surface area contributed by atoms with Crippen molar-refractivity contribution in [2.45, 2.75) is 33.5 Å². The molecule has 0 radical (unpaired) electrons. The van der Waals surface area contributed by atoms with E-state index in [-0.39, 0.29) is 16.3 Å². The minimum Gasteiger partial charge on any atom is -0.340 e. The highest BCUT2D eigenvalue weighted by molar-refractivity contribution is 6.32. The second-order valence-electron chi connectivity index (χ2n) is 9.52. The van der Waals surface area contributed by atoms with Crippen molar-refractivity contribution in [2.75, 3.05) is 5.01 Å². The summed E-state index contributed by atoms with van der Waals surface area (Å²) in [7, 11) is 0. The maximum absolute atomic E-state index is 14.7. The normalized spacial score (nSPS) is 15.0. The third kappa shape index (κ3) is 4.67. The van der Waals surface area contributed by atoms with Gasteiger partial charge in [-0.1, -0.05) is 41.9 Å². The zero-order valence-electron chi connectivity index (χ0n) is 21.6. The van der Waals surface area contributed by atoms with Crippen molar-refractivity contribution in [1.29, 1.82) is 0 Å². The van der Waals surface area contributed by atoms with Gasteiger partial charge in [0.25, 0.3) is 5.91 Å². The molecule has 2 heterocycles. The highest BCUT2D eigenvalue weighted by Gasteiger charge is 2.45. The zero-order valence-corrected chi connectivity index (χ0v) is 22.4. The molecule has 3 aromatic carbocycles. The van der Waals surface area contributed by atoms with Crippen LogP contribution in [0.25, 0.3) is 17.0 Å². The van der Waals surface area contributed by atoms with Gasteiger partial charge in [-0.3, -0.25) is 4.79 Å². The van der Waals surface area contributed by atoms with Crippen molar-refractivity contribution in [3.63, 3.8) is 0 Å². The van der Waals surface area contributed by atoms with Gasteiger partial charge in [0.05, 0.1) is 16.8 Å². The molecule has 5 rings (SSSR count). The first-order valence-electron chi connectivity index (χ1n) is 12.1. The van der Waals surface area contributed by atoms with Crippen LogP contribution in [0.2, 0.25) is 5.02 Å². The number of hydrogen-bond donors (Lipinski definition) is 0. The van der Waals surface area contributed by atoms with Gasteiger partial charge in [-0.15, -0.1) is 0 Å². The average molecular weight is 594 g/mol. The molecule has 0 N–H and O–H groups in total. The molecular weight excluding hydrogens is 575 g/mol. The largest absolute Gasteiger partial charge is 0.422 e. The molecule has 4 nitrogen and oxygen atoms in total. The van der Waals surface area contributed by atoms with Gasteiger partial charge in [0.2, 0.25) is 0 Å². The van der Waals surface area contributed by atoms with Gasteiger partial charge in [0.15, 0.2) is 23.3 Å². The third-order valence-corrected chi connectivity index (χ3v) is 7.19. The Morgan fingerprint density at radius 2 is 1.51 bits per heavy atom. The summed E-state index contributed by atoms with van der Waals surface area (Å²) in [5, 5.41) is 5.09. The van der Waals surface area contributed by atoms with E-state index in [1.807, 2.05) is 48.7 Å². The van der Waals surface area contributed by atoms with Crippen LogP contribution >= 0.6 is 11.6 Å². The molecule has 4 aromatic rings. The van der Waals surface area contributed by atoms with Crippen molar-refractivity contribution in [2.24, 2.45) is 5.10 Å². The van der Waals surface area contributed by atoms with Crippen LogP contribution in [0.15, 0.2) is 53.1 Å². The number of anilines is 1. The number of hydrogen-bond acceptors (Lipinski definition) is 2. The van der Waals surface area contributed by atoms with Crippen LogP contribution in [-0.2, 0) is 17.5 Å². The van der Waals surface area contributed by atoms with Crippen LogP contribution < -0.4 is 5.01 Å². The molecule has 41 heavy (non-hydrogen) atoms. The lowest BCUT2D eigenvalue weighted by molar-refractivity contribution is -0.143. The molecule has 0 fully saturated rings. The van der Waals surface area contributed by atoms with E-state index in [1.54, 1.807) is 12.1 Å². The number of carbonyl (C=O) groups is 1. The highest BCUT2D eigenvalue weighted by Crippen LogP contribution is 2.41. The standard InChI is InChI=1S/C29H19ClF7N3O/c1-13-5-4-6-18-20(15(3)39(26(13)18)12-16-7-9-17(30)10-8-16)11-19-14(2)38-40(28(19)41)27-24(33)22(31)21(29(35,36)37)23(32)25(27)34/h4-11H,12H2,1-3H3/b19-11+. The number of fused-ring (bicyclic) bond motifs is 1. The molecule has 0 atom stereocenters. The summed E-state index contributed by atoms with van der Waals surface area (Å²) in [6.45, 7) is 5.49. The molecule has 0 unspecified atom stereocenters. The van der Waals surface area contributed by atoms with Crippen molar-refractivity contribution < 1.29 is 35.5 Å². The van der Waals surface area contributed by atoms with Gasteiger partial charge in [-0.25, -0.2) is 17.6 Å². The Bertz CT molecular complexity index is 1780. The topological polar surface area (TPSA) is 37.6 Å². The number of alkyl halides is 3. The average Bonchev–Trinajstić information content (AvgIpc) is 3.32. The lowest BCUT2D eigenvalue weighted by Gasteiger charge is -2.18. The molecule has 1 aliphatic rings.